The molecule has 0 N–H and O–H groups in total. The number of alkyl halides is 2. The predicted molar refractivity (Wildman–Crippen MR) is 108 cm³/mol. The van der Waals surface area contributed by atoms with Crippen molar-refractivity contribution in [3.63, 3.8) is 0 Å². The third-order valence-corrected chi connectivity index (χ3v) is 5.43. The fourth-order valence-corrected chi connectivity index (χ4v) is 3.83. The second-order valence-electron chi connectivity index (χ2n) is 7.34. The maximum atomic E-state index is 14.4. The molecule has 0 unspecified atom stereocenters. The van der Waals surface area contributed by atoms with Crippen molar-refractivity contribution < 1.29 is 27.4 Å². The van der Waals surface area contributed by atoms with Crippen LogP contribution in [0.4, 0.5) is 13.2 Å². The Kier molecular flexibility index (Phi) is 5.19. The molecular weight excluding hydrogens is 441 g/mol. The van der Waals surface area contributed by atoms with E-state index in [-0.39, 0.29) is 29.6 Å². The number of hydrogen-bond acceptors (Lipinski definition) is 8. The first-order valence-electron chi connectivity index (χ1n) is 9.88. The number of pyridine rings is 1. The van der Waals surface area contributed by atoms with Gasteiger partial charge in [0.2, 0.25) is 17.7 Å². The third-order valence-electron chi connectivity index (χ3n) is 5.43. The maximum Gasteiger partial charge on any atom is 0.388 e. The predicted octanol–water partition coefficient (Wildman–Crippen LogP) is 3.61. The topological polar surface area (TPSA) is 96.6 Å². The van der Waals surface area contributed by atoms with Gasteiger partial charge in [0, 0.05) is 24.0 Å². The second kappa shape index (κ2) is 8.19. The highest BCUT2D eigenvalue weighted by molar-refractivity contribution is 5.68. The van der Waals surface area contributed by atoms with E-state index < -0.39 is 12.6 Å². The van der Waals surface area contributed by atoms with Crippen molar-refractivity contribution in [2.24, 2.45) is 0 Å². The minimum absolute atomic E-state index is 0.00452. The molecule has 1 saturated carbocycles. The molecule has 1 fully saturated rings. The molecule has 0 saturated heterocycles. The number of rotatable bonds is 7. The van der Waals surface area contributed by atoms with Crippen molar-refractivity contribution in [3.05, 3.63) is 53.9 Å². The smallest absolute Gasteiger partial charge is 0.388 e. The molecule has 5 rings (SSSR count). The van der Waals surface area contributed by atoms with Crippen molar-refractivity contribution in [2.75, 3.05) is 14.2 Å². The van der Waals surface area contributed by atoms with Gasteiger partial charge in [0.05, 0.1) is 31.7 Å². The molecule has 4 aromatic heterocycles. The molecule has 0 radical (unpaired) electrons. The number of halogens is 3. The molecule has 1 aliphatic rings. The van der Waals surface area contributed by atoms with Crippen LogP contribution in [0.3, 0.4) is 0 Å². The molecule has 2 atom stereocenters. The fraction of sp³-hybridized carbons (Fsp3) is 0.286. The Morgan fingerprint density at radius 2 is 1.88 bits per heavy atom. The third kappa shape index (κ3) is 3.88. The van der Waals surface area contributed by atoms with Crippen LogP contribution in [0.25, 0.3) is 16.9 Å². The molecule has 9 nitrogen and oxygen atoms in total. The molecule has 170 valence electrons. The fourth-order valence-electron chi connectivity index (χ4n) is 3.83. The molecule has 4 aromatic rings. The summed E-state index contributed by atoms with van der Waals surface area (Å²) in [6.45, 7) is -2.94. The molecule has 1 aliphatic carbocycles. The van der Waals surface area contributed by atoms with E-state index in [0.29, 0.717) is 16.9 Å². The lowest BCUT2D eigenvalue weighted by Crippen LogP contribution is -2.04. The monoisotopic (exact) mass is 458 g/mol. The summed E-state index contributed by atoms with van der Waals surface area (Å²) in [5, 5.41) is 4.36. The van der Waals surface area contributed by atoms with E-state index in [1.165, 1.54) is 32.7 Å². The molecule has 0 bridgehead atoms. The highest BCUT2D eigenvalue weighted by Gasteiger charge is 2.42. The Morgan fingerprint density at radius 3 is 2.58 bits per heavy atom. The lowest BCUT2D eigenvalue weighted by atomic mass is 10.1. The van der Waals surface area contributed by atoms with Gasteiger partial charge < -0.3 is 14.2 Å². The van der Waals surface area contributed by atoms with Gasteiger partial charge in [-0.2, -0.15) is 27.8 Å². The average Bonchev–Trinajstić information content (AvgIpc) is 3.54. The maximum absolute atomic E-state index is 14.4. The SMILES string of the molecule is COc1ncc(-c2cc([C@H]3C[C@@H]3c3ccc(OC(F)F)nc3)c3ncc(F)n3n2)c(OC)n1. The number of hydrogen-bond donors (Lipinski definition) is 0. The van der Waals surface area contributed by atoms with E-state index in [1.54, 1.807) is 6.07 Å². The van der Waals surface area contributed by atoms with Gasteiger partial charge in [-0.3, -0.25) is 0 Å². The van der Waals surface area contributed by atoms with Crippen molar-refractivity contribution in [1.29, 1.82) is 0 Å². The van der Waals surface area contributed by atoms with Crippen molar-refractivity contribution >= 4 is 5.65 Å². The quantitative estimate of drug-likeness (QED) is 0.415. The van der Waals surface area contributed by atoms with Gasteiger partial charge in [0.15, 0.2) is 5.65 Å². The molecule has 12 heteroatoms. The van der Waals surface area contributed by atoms with Crippen LogP contribution in [-0.2, 0) is 0 Å². The molecule has 0 aliphatic heterocycles. The minimum Gasteiger partial charge on any atom is -0.480 e. The van der Waals surface area contributed by atoms with Crippen LogP contribution >= 0.6 is 0 Å². The van der Waals surface area contributed by atoms with Crippen LogP contribution in [0.5, 0.6) is 17.8 Å². The van der Waals surface area contributed by atoms with Gasteiger partial charge >= 0.3 is 12.6 Å². The van der Waals surface area contributed by atoms with E-state index in [9.17, 15) is 13.2 Å². The molecule has 0 aromatic carbocycles. The Labute approximate surface area is 185 Å². The Morgan fingerprint density at radius 1 is 1.03 bits per heavy atom. The van der Waals surface area contributed by atoms with Gasteiger partial charge in [-0.15, -0.1) is 0 Å². The van der Waals surface area contributed by atoms with Crippen molar-refractivity contribution in [3.8, 4) is 29.0 Å². The lowest BCUT2D eigenvalue weighted by Gasteiger charge is -2.11. The van der Waals surface area contributed by atoms with Gasteiger partial charge in [0.25, 0.3) is 0 Å². The highest BCUT2D eigenvalue weighted by atomic mass is 19.3. The Balaban J connectivity index is 1.52. The number of fused-ring (bicyclic) bond motifs is 1. The van der Waals surface area contributed by atoms with Gasteiger partial charge in [-0.1, -0.05) is 6.07 Å². The molecular formula is C21H17F3N6O3. The largest absolute Gasteiger partial charge is 0.480 e. The zero-order valence-corrected chi connectivity index (χ0v) is 17.4. The van der Waals surface area contributed by atoms with Gasteiger partial charge in [0.1, 0.15) is 0 Å². The Bertz CT molecular complexity index is 1310. The first kappa shape index (κ1) is 20.9. The number of ether oxygens (including phenoxy) is 3. The molecule has 0 amide bonds. The van der Waals surface area contributed by atoms with Crippen molar-refractivity contribution in [2.45, 2.75) is 24.9 Å². The van der Waals surface area contributed by atoms with E-state index in [4.69, 9.17) is 9.47 Å². The first-order chi connectivity index (χ1) is 16.0. The summed E-state index contributed by atoms with van der Waals surface area (Å²) in [6, 6.07) is 5.03. The highest BCUT2D eigenvalue weighted by Crippen LogP contribution is 2.55. The van der Waals surface area contributed by atoms with Gasteiger partial charge in [-0.25, -0.2) is 15.0 Å². The zero-order chi connectivity index (χ0) is 23.1. The summed E-state index contributed by atoms with van der Waals surface area (Å²) in [5.41, 5.74) is 2.89. The van der Waals surface area contributed by atoms with Crippen LogP contribution in [0, 0.1) is 5.95 Å². The summed E-state index contributed by atoms with van der Waals surface area (Å²) >= 11 is 0. The number of aromatic nitrogens is 6. The van der Waals surface area contributed by atoms with E-state index in [1.807, 2.05) is 6.07 Å². The first-order valence-corrected chi connectivity index (χ1v) is 9.88. The standard InChI is InChI=1S/C21H17F3N6O3/c1-31-19-14(8-27-21(28-19)32-2)15-6-13(18-26-9-16(22)30(18)29-15)12-5-11(12)10-3-4-17(25-7-10)33-20(23)24/h3-4,6-9,11-12,20H,5H2,1-2H3/t11-,12+/m1/s1. The van der Waals surface area contributed by atoms with E-state index >= 15 is 0 Å². The summed E-state index contributed by atoms with van der Waals surface area (Å²) in [4.78, 5) is 16.4. The van der Waals surface area contributed by atoms with Crippen molar-refractivity contribution in [1.82, 2.24) is 29.5 Å². The average molecular weight is 458 g/mol. The normalized spacial score (nSPS) is 17.4. The number of nitrogens with zero attached hydrogens (tertiary/aromatic N) is 6. The minimum atomic E-state index is -2.94. The number of imidazole rings is 1. The summed E-state index contributed by atoms with van der Waals surface area (Å²) in [7, 11) is 2.89. The van der Waals surface area contributed by atoms with Crippen LogP contribution in [0.15, 0.2) is 36.8 Å². The van der Waals surface area contributed by atoms with Crippen LogP contribution < -0.4 is 14.2 Å². The zero-order valence-electron chi connectivity index (χ0n) is 17.4. The Hall–Kier alpha value is -3.96. The second-order valence-corrected chi connectivity index (χ2v) is 7.34. The molecule has 0 spiro atoms. The lowest BCUT2D eigenvalue weighted by molar-refractivity contribution is -0.0528. The summed E-state index contributed by atoms with van der Waals surface area (Å²) < 4.78 is 55.0. The van der Waals surface area contributed by atoms with Crippen LogP contribution in [0.2, 0.25) is 0 Å². The number of methoxy groups -OCH3 is 2. The summed E-state index contributed by atoms with van der Waals surface area (Å²) in [5.74, 6) is -0.475. The molecule has 33 heavy (non-hydrogen) atoms. The van der Waals surface area contributed by atoms with E-state index in [2.05, 4.69) is 29.8 Å². The van der Waals surface area contributed by atoms with Crippen LogP contribution in [-0.4, -0.2) is 50.4 Å². The van der Waals surface area contributed by atoms with Crippen LogP contribution in [0.1, 0.15) is 29.4 Å². The van der Waals surface area contributed by atoms with E-state index in [0.717, 1.165) is 28.3 Å². The van der Waals surface area contributed by atoms with Gasteiger partial charge in [-0.05, 0) is 29.9 Å². The summed E-state index contributed by atoms with van der Waals surface area (Å²) in [6.07, 6.45) is 4.86. The molecule has 4 heterocycles.